The Morgan fingerprint density at radius 2 is 2.06 bits per heavy atom. The van der Waals surface area contributed by atoms with Crippen LogP contribution in [0.5, 0.6) is 0 Å². The van der Waals surface area contributed by atoms with Crippen LogP contribution in [0.2, 0.25) is 0 Å². The molecule has 1 aromatic carbocycles. The minimum absolute atomic E-state index is 0.0253. The van der Waals surface area contributed by atoms with Gasteiger partial charge in [0.25, 0.3) is 0 Å². The molecule has 1 rings (SSSR count). The first-order chi connectivity index (χ1) is 7.74. The number of aliphatic hydroxyl groups is 1. The van der Waals surface area contributed by atoms with Crippen molar-refractivity contribution in [3.05, 3.63) is 35.9 Å². The lowest BCUT2D eigenvalue weighted by molar-refractivity contribution is -0.129. The van der Waals surface area contributed by atoms with Gasteiger partial charge in [0.2, 0.25) is 5.91 Å². The van der Waals surface area contributed by atoms with Crippen molar-refractivity contribution >= 4 is 5.91 Å². The molecule has 0 saturated heterocycles. The van der Waals surface area contributed by atoms with E-state index < -0.39 is 0 Å². The summed E-state index contributed by atoms with van der Waals surface area (Å²) in [6.07, 6.45) is 0. The summed E-state index contributed by atoms with van der Waals surface area (Å²) in [7, 11) is 1.77. The Bertz CT molecular complexity index is 314. The zero-order chi connectivity index (χ0) is 11.8. The molecule has 0 fully saturated rings. The molecule has 88 valence electrons. The van der Waals surface area contributed by atoms with E-state index in [-0.39, 0.29) is 19.1 Å². The fourth-order valence-electron chi connectivity index (χ4n) is 1.35. The molecule has 16 heavy (non-hydrogen) atoms. The van der Waals surface area contributed by atoms with E-state index in [0.29, 0.717) is 13.1 Å². The Morgan fingerprint density at radius 1 is 1.38 bits per heavy atom. The molecule has 0 aromatic heterocycles. The molecule has 0 aliphatic carbocycles. The van der Waals surface area contributed by atoms with Crippen LogP contribution in [0, 0.1) is 0 Å². The lowest BCUT2D eigenvalue weighted by atomic mass is 10.2. The van der Waals surface area contributed by atoms with Crippen molar-refractivity contribution in [1.29, 1.82) is 0 Å². The number of nitrogens with one attached hydrogen (secondary N) is 1. The fraction of sp³-hybridized carbons (Fsp3) is 0.417. The highest BCUT2D eigenvalue weighted by molar-refractivity contribution is 5.77. The molecule has 0 aliphatic rings. The minimum Gasteiger partial charge on any atom is -0.395 e. The topological polar surface area (TPSA) is 52.6 Å². The van der Waals surface area contributed by atoms with E-state index in [0.717, 1.165) is 5.56 Å². The second kappa shape index (κ2) is 6.98. The van der Waals surface area contributed by atoms with Gasteiger partial charge in [0, 0.05) is 20.1 Å². The van der Waals surface area contributed by atoms with Gasteiger partial charge in [-0.15, -0.1) is 0 Å². The monoisotopic (exact) mass is 222 g/mol. The molecular formula is C12H18N2O2. The molecule has 2 N–H and O–H groups in total. The highest BCUT2D eigenvalue weighted by Crippen LogP contribution is 2.02. The molecule has 0 spiro atoms. The van der Waals surface area contributed by atoms with Crippen molar-refractivity contribution in [3.63, 3.8) is 0 Å². The Balaban J connectivity index is 2.34. The normalized spacial score (nSPS) is 10.1. The van der Waals surface area contributed by atoms with Crippen molar-refractivity contribution in [2.24, 2.45) is 0 Å². The van der Waals surface area contributed by atoms with E-state index in [9.17, 15) is 4.79 Å². The third-order valence-electron chi connectivity index (χ3n) is 2.25. The molecule has 0 saturated carbocycles. The van der Waals surface area contributed by atoms with Gasteiger partial charge in [0.05, 0.1) is 13.2 Å². The summed E-state index contributed by atoms with van der Waals surface area (Å²) < 4.78 is 0. The van der Waals surface area contributed by atoms with Gasteiger partial charge in [0.1, 0.15) is 0 Å². The highest BCUT2D eigenvalue weighted by atomic mass is 16.3. The van der Waals surface area contributed by atoms with Gasteiger partial charge in [-0.2, -0.15) is 0 Å². The third-order valence-corrected chi connectivity index (χ3v) is 2.25. The maximum Gasteiger partial charge on any atom is 0.236 e. The lowest BCUT2D eigenvalue weighted by Gasteiger charge is -2.17. The van der Waals surface area contributed by atoms with Crippen molar-refractivity contribution in [3.8, 4) is 0 Å². The van der Waals surface area contributed by atoms with Crippen molar-refractivity contribution in [2.75, 3.05) is 26.7 Å². The van der Waals surface area contributed by atoms with Gasteiger partial charge in [-0.3, -0.25) is 4.79 Å². The SMILES string of the molecule is CN(Cc1ccccc1)C(=O)CNCCO. The predicted octanol–water partition coefficient (Wildman–Crippen LogP) is 0.227. The van der Waals surface area contributed by atoms with Crippen LogP contribution in [-0.2, 0) is 11.3 Å². The maximum atomic E-state index is 11.6. The van der Waals surface area contributed by atoms with Gasteiger partial charge in [0.15, 0.2) is 0 Å². The van der Waals surface area contributed by atoms with Gasteiger partial charge in [-0.25, -0.2) is 0 Å². The van der Waals surface area contributed by atoms with E-state index in [1.54, 1.807) is 11.9 Å². The second-order valence-corrected chi connectivity index (χ2v) is 3.64. The summed E-state index contributed by atoms with van der Waals surface area (Å²) >= 11 is 0. The molecule has 1 aromatic rings. The van der Waals surface area contributed by atoms with Gasteiger partial charge in [-0.05, 0) is 5.56 Å². The van der Waals surface area contributed by atoms with Crippen LogP contribution in [0.15, 0.2) is 30.3 Å². The average Bonchev–Trinajstić information content (AvgIpc) is 2.30. The second-order valence-electron chi connectivity index (χ2n) is 3.64. The molecule has 4 nitrogen and oxygen atoms in total. The number of nitrogens with zero attached hydrogens (tertiary/aromatic N) is 1. The molecule has 0 atom stereocenters. The molecule has 0 radical (unpaired) electrons. The maximum absolute atomic E-state index is 11.6. The van der Waals surface area contributed by atoms with Crippen molar-refractivity contribution in [1.82, 2.24) is 10.2 Å². The summed E-state index contributed by atoms with van der Waals surface area (Å²) in [5.41, 5.74) is 1.11. The van der Waals surface area contributed by atoms with Crippen molar-refractivity contribution < 1.29 is 9.90 Å². The Labute approximate surface area is 95.9 Å². The number of hydrogen-bond acceptors (Lipinski definition) is 3. The Morgan fingerprint density at radius 3 is 2.69 bits per heavy atom. The first-order valence-corrected chi connectivity index (χ1v) is 5.33. The number of rotatable bonds is 6. The minimum atomic E-state index is 0.0253. The molecule has 0 aliphatic heterocycles. The summed E-state index contributed by atoms with van der Waals surface area (Å²) in [4.78, 5) is 13.3. The van der Waals surface area contributed by atoms with Crippen LogP contribution < -0.4 is 5.32 Å². The predicted molar refractivity (Wildman–Crippen MR) is 62.9 cm³/mol. The molecule has 0 heterocycles. The van der Waals surface area contributed by atoms with Gasteiger partial charge in [-0.1, -0.05) is 30.3 Å². The first-order valence-electron chi connectivity index (χ1n) is 5.33. The smallest absolute Gasteiger partial charge is 0.236 e. The lowest BCUT2D eigenvalue weighted by Crippen LogP contribution is -2.36. The van der Waals surface area contributed by atoms with E-state index >= 15 is 0 Å². The quantitative estimate of drug-likeness (QED) is 0.677. The highest BCUT2D eigenvalue weighted by Gasteiger charge is 2.07. The summed E-state index contributed by atoms with van der Waals surface area (Å²) in [5.74, 6) is 0.0253. The van der Waals surface area contributed by atoms with E-state index in [1.165, 1.54) is 0 Å². The van der Waals surface area contributed by atoms with Gasteiger partial charge < -0.3 is 15.3 Å². The molecular weight excluding hydrogens is 204 g/mol. The number of amides is 1. The zero-order valence-corrected chi connectivity index (χ0v) is 9.52. The van der Waals surface area contributed by atoms with Crippen LogP contribution >= 0.6 is 0 Å². The molecule has 1 amide bonds. The largest absolute Gasteiger partial charge is 0.395 e. The first kappa shape index (κ1) is 12.7. The number of carbonyl (C=O) groups is 1. The summed E-state index contributed by atoms with van der Waals surface area (Å²) in [6.45, 7) is 1.38. The molecule has 0 unspecified atom stereocenters. The van der Waals surface area contributed by atoms with Crippen LogP contribution in [0.4, 0.5) is 0 Å². The van der Waals surface area contributed by atoms with E-state index in [4.69, 9.17) is 5.11 Å². The van der Waals surface area contributed by atoms with Crippen LogP contribution in [0.25, 0.3) is 0 Å². The number of likely N-dealkylation sites (N-methyl/N-ethyl adjacent to an activating group) is 1. The standard InChI is InChI=1S/C12H18N2O2/c1-14(12(16)9-13-7-8-15)10-11-5-3-2-4-6-11/h2-6,13,15H,7-10H2,1H3. The van der Waals surface area contributed by atoms with Crippen LogP contribution in [-0.4, -0.2) is 42.7 Å². The summed E-state index contributed by atoms with van der Waals surface area (Å²) in [5, 5.41) is 11.4. The molecule has 4 heteroatoms. The average molecular weight is 222 g/mol. The van der Waals surface area contributed by atoms with Crippen LogP contribution in [0.3, 0.4) is 0 Å². The number of hydrogen-bond donors (Lipinski definition) is 2. The van der Waals surface area contributed by atoms with Gasteiger partial charge >= 0.3 is 0 Å². The van der Waals surface area contributed by atoms with Crippen molar-refractivity contribution in [2.45, 2.75) is 6.54 Å². The Hall–Kier alpha value is -1.39. The number of carbonyl (C=O) groups excluding carboxylic acids is 1. The summed E-state index contributed by atoms with van der Waals surface area (Å²) in [6, 6.07) is 9.85. The zero-order valence-electron chi connectivity index (χ0n) is 9.52. The number of benzene rings is 1. The van der Waals surface area contributed by atoms with E-state index in [2.05, 4.69) is 5.32 Å². The fourth-order valence-corrected chi connectivity index (χ4v) is 1.35. The number of aliphatic hydroxyl groups excluding tert-OH is 1. The molecule has 0 bridgehead atoms. The third kappa shape index (κ3) is 4.42. The van der Waals surface area contributed by atoms with E-state index in [1.807, 2.05) is 30.3 Å². The van der Waals surface area contributed by atoms with Crippen LogP contribution in [0.1, 0.15) is 5.56 Å². The Kier molecular flexibility index (Phi) is 5.53.